The summed E-state index contributed by atoms with van der Waals surface area (Å²) in [6.07, 6.45) is 0. The first-order valence-electron chi connectivity index (χ1n) is 5.24. The second kappa shape index (κ2) is 5.27. The third kappa shape index (κ3) is 3.47. The van der Waals surface area contributed by atoms with Crippen molar-refractivity contribution in [3.05, 3.63) is 29.6 Å². The minimum Gasteiger partial charge on any atom is -0.505 e. The molecular formula is C12H18FNO2. The van der Waals surface area contributed by atoms with Crippen LogP contribution in [0.3, 0.4) is 0 Å². The van der Waals surface area contributed by atoms with Gasteiger partial charge in [0.05, 0.1) is 0 Å². The van der Waals surface area contributed by atoms with Crippen molar-refractivity contribution in [3.8, 4) is 5.75 Å². The lowest BCUT2D eigenvalue weighted by Crippen LogP contribution is -2.31. The second-order valence-electron chi connectivity index (χ2n) is 4.67. The van der Waals surface area contributed by atoms with Gasteiger partial charge in [0.25, 0.3) is 0 Å². The molecule has 3 N–H and O–H groups in total. The number of aliphatic hydroxyl groups excluding tert-OH is 1. The van der Waals surface area contributed by atoms with E-state index in [0.29, 0.717) is 18.7 Å². The number of nitrogens with one attached hydrogen (secondary N) is 1. The minimum absolute atomic E-state index is 0.0785. The molecule has 0 spiro atoms. The van der Waals surface area contributed by atoms with Crippen LogP contribution in [0.15, 0.2) is 18.2 Å². The number of phenolic OH excluding ortho intramolecular Hbond substituents is 1. The Morgan fingerprint density at radius 1 is 1.38 bits per heavy atom. The van der Waals surface area contributed by atoms with Gasteiger partial charge in [-0.1, -0.05) is 26.0 Å². The summed E-state index contributed by atoms with van der Waals surface area (Å²) in [6.45, 7) is 4.90. The molecule has 0 heterocycles. The van der Waals surface area contributed by atoms with Gasteiger partial charge in [0.1, 0.15) is 0 Å². The fraction of sp³-hybridized carbons (Fsp3) is 0.500. The van der Waals surface area contributed by atoms with Crippen LogP contribution in [0.5, 0.6) is 5.75 Å². The van der Waals surface area contributed by atoms with Crippen LogP contribution in [-0.4, -0.2) is 23.4 Å². The summed E-state index contributed by atoms with van der Waals surface area (Å²) >= 11 is 0. The number of aromatic hydroxyl groups is 1. The summed E-state index contributed by atoms with van der Waals surface area (Å²) in [5.41, 5.74) is 0.303. The zero-order valence-electron chi connectivity index (χ0n) is 9.63. The van der Waals surface area contributed by atoms with Crippen LogP contribution in [0.1, 0.15) is 19.4 Å². The standard InChI is InChI=1S/C12H18FNO2/c1-12(2,8-15)7-14-6-9-4-3-5-10(13)11(9)16/h3-5,14-16H,6-8H2,1-2H3. The average molecular weight is 227 g/mol. The predicted molar refractivity (Wildman–Crippen MR) is 60.6 cm³/mol. The van der Waals surface area contributed by atoms with E-state index in [1.165, 1.54) is 6.07 Å². The van der Waals surface area contributed by atoms with Crippen molar-refractivity contribution in [2.45, 2.75) is 20.4 Å². The first kappa shape index (κ1) is 12.9. The summed E-state index contributed by atoms with van der Waals surface area (Å²) in [4.78, 5) is 0. The second-order valence-corrected chi connectivity index (χ2v) is 4.67. The Labute approximate surface area is 94.9 Å². The van der Waals surface area contributed by atoms with Gasteiger partial charge in [-0.3, -0.25) is 0 Å². The van der Waals surface area contributed by atoms with Crippen LogP contribution in [0.2, 0.25) is 0 Å². The molecule has 0 saturated carbocycles. The van der Waals surface area contributed by atoms with E-state index in [1.54, 1.807) is 12.1 Å². The molecule has 0 unspecified atom stereocenters. The van der Waals surface area contributed by atoms with Crippen molar-refractivity contribution >= 4 is 0 Å². The van der Waals surface area contributed by atoms with Crippen molar-refractivity contribution in [1.82, 2.24) is 5.32 Å². The number of hydrogen-bond acceptors (Lipinski definition) is 3. The van der Waals surface area contributed by atoms with Crippen molar-refractivity contribution in [1.29, 1.82) is 0 Å². The highest BCUT2D eigenvalue weighted by atomic mass is 19.1. The van der Waals surface area contributed by atoms with Crippen molar-refractivity contribution < 1.29 is 14.6 Å². The maximum absolute atomic E-state index is 13.0. The number of hydrogen-bond donors (Lipinski definition) is 3. The Balaban J connectivity index is 2.53. The fourth-order valence-electron chi connectivity index (χ4n) is 1.29. The molecule has 4 heteroatoms. The Morgan fingerprint density at radius 2 is 2.06 bits per heavy atom. The molecule has 0 amide bonds. The molecule has 0 saturated heterocycles. The largest absolute Gasteiger partial charge is 0.505 e. The highest BCUT2D eigenvalue weighted by molar-refractivity contribution is 5.33. The van der Waals surface area contributed by atoms with Crippen LogP contribution in [0.4, 0.5) is 4.39 Å². The molecule has 0 aliphatic carbocycles. The summed E-state index contributed by atoms with van der Waals surface area (Å²) < 4.78 is 13.0. The molecule has 3 nitrogen and oxygen atoms in total. The SMILES string of the molecule is CC(C)(CO)CNCc1cccc(F)c1O. The molecule has 0 fully saturated rings. The zero-order chi connectivity index (χ0) is 12.2. The number of benzene rings is 1. The van der Waals surface area contributed by atoms with E-state index in [9.17, 15) is 9.50 Å². The Morgan fingerprint density at radius 3 is 2.69 bits per heavy atom. The molecular weight excluding hydrogens is 209 g/mol. The molecule has 1 aromatic carbocycles. The van der Waals surface area contributed by atoms with E-state index in [0.717, 1.165) is 0 Å². The van der Waals surface area contributed by atoms with E-state index in [-0.39, 0.29) is 17.8 Å². The lowest BCUT2D eigenvalue weighted by atomic mass is 9.95. The van der Waals surface area contributed by atoms with Crippen LogP contribution in [-0.2, 0) is 6.54 Å². The number of rotatable bonds is 5. The van der Waals surface area contributed by atoms with Gasteiger partial charge in [-0.15, -0.1) is 0 Å². The van der Waals surface area contributed by atoms with Crippen LogP contribution in [0, 0.1) is 11.2 Å². The maximum atomic E-state index is 13.0. The third-order valence-corrected chi connectivity index (χ3v) is 2.42. The first-order chi connectivity index (χ1) is 7.46. The van der Waals surface area contributed by atoms with E-state index in [1.807, 2.05) is 13.8 Å². The highest BCUT2D eigenvalue weighted by Gasteiger charge is 2.16. The Bertz CT molecular complexity index is 353. The lowest BCUT2D eigenvalue weighted by molar-refractivity contribution is 0.156. The van der Waals surface area contributed by atoms with Gasteiger partial charge in [0, 0.05) is 30.7 Å². The van der Waals surface area contributed by atoms with Gasteiger partial charge in [-0.05, 0) is 6.07 Å². The van der Waals surface area contributed by atoms with E-state index in [4.69, 9.17) is 5.11 Å². The van der Waals surface area contributed by atoms with E-state index < -0.39 is 5.82 Å². The molecule has 0 atom stereocenters. The molecule has 0 aromatic heterocycles. The van der Waals surface area contributed by atoms with Crippen molar-refractivity contribution in [3.63, 3.8) is 0 Å². The summed E-state index contributed by atoms with van der Waals surface area (Å²) in [5.74, 6) is -0.919. The van der Waals surface area contributed by atoms with Crippen molar-refractivity contribution in [2.75, 3.05) is 13.2 Å². The molecule has 0 aliphatic rings. The van der Waals surface area contributed by atoms with Crippen LogP contribution < -0.4 is 5.32 Å². The molecule has 16 heavy (non-hydrogen) atoms. The molecule has 1 rings (SSSR count). The average Bonchev–Trinajstić information content (AvgIpc) is 2.24. The Hall–Kier alpha value is -1.13. The van der Waals surface area contributed by atoms with E-state index >= 15 is 0 Å². The fourth-order valence-corrected chi connectivity index (χ4v) is 1.29. The van der Waals surface area contributed by atoms with Gasteiger partial charge in [-0.25, -0.2) is 4.39 Å². The monoisotopic (exact) mass is 227 g/mol. The summed E-state index contributed by atoms with van der Waals surface area (Å²) in [7, 11) is 0. The molecule has 1 aromatic rings. The van der Waals surface area contributed by atoms with Gasteiger partial charge >= 0.3 is 0 Å². The quantitative estimate of drug-likeness (QED) is 0.716. The molecule has 0 aliphatic heterocycles. The topological polar surface area (TPSA) is 52.5 Å². The number of aliphatic hydroxyl groups is 1. The van der Waals surface area contributed by atoms with Gasteiger partial charge in [-0.2, -0.15) is 0 Å². The smallest absolute Gasteiger partial charge is 0.165 e. The van der Waals surface area contributed by atoms with Gasteiger partial charge < -0.3 is 15.5 Å². The van der Waals surface area contributed by atoms with Crippen LogP contribution >= 0.6 is 0 Å². The number of halogens is 1. The minimum atomic E-state index is -0.610. The highest BCUT2D eigenvalue weighted by Crippen LogP contribution is 2.20. The normalized spacial score (nSPS) is 11.8. The first-order valence-corrected chi connectivity index (χ1v) is 5.24. The summed E-state index contributed by atoms with van der Waals surface area (Å²) in [6, 6.07) is 4.44. The van der Waals surface area contributed by atoms with Crippen molar-refractivity contribution in [2.24, 2.45) is 5.41 Å². The van der Waals surface area contributed by atoms with E-state index in [2.05, 4.69) is 5.32 Å². The zero-order valence-corrected chi connectivity index (χ0v) is 9.63. The number of phenols is 1. The Kier molecular flexibility index (Phi) is 4.26. The van der Waals surface area contributed by atoms with Gasteiger partial charge in [0.15, 0.2) is 11.6 Å². The molecule has 90 valence electrons. The van der Waals surface area contributed by atoms with Crippen LogP contribution in [0.25, 0.3) is 0 Å². The maximum Gasteiger partial charge on any atom is 0.165 e. The summed E-state index contributed by atoms with van der Waals surface area (Å²) in [5, 5.41) is 21.5. The number of para-hydroxylation sites is 1. The molecule has 0 bridgehead atoms. The molecule has 0 radical (unpaired) electrons. The van der Waals surface area contributed by atoms with Gasteiger partial charge in [0.2, 0.25) is 0 Å². The predicted octanol–water partition coefficient (Wildman–Crippen LogP) is 1.64. The lowest BCUT2D eigenvalue weighted by Gasteiger charge is -2.22. The third-order valence-electron chi connectivity index (χ3n) is 2.42.